The van der Waals surface area contributed by atoms with Crippen LogP contribution in [0.2, 0.25) is 0 Å². The van der Waals surface area contributed by atoms with Gasteiger partial charge in [-0.1, -0.05) is 58.4 Å². The Morgan fingerprint density at radius 2 is 1.69 bits per heavy atom. The van der Waals surface area contributed by atoms with E-state index in [1.807, 2.05) is 73.7 Å². The number of nitrogens with zero attached hydrogens (tertiary/aromatic N) is 2. The SMILES string of the molecule is CCN1C(=O)C(Cc2cccc(Br)c2)N=C(c2ccccc2)c2cc(OC)c(OC)cc21. The summed E-state index contributed by atoms with van der Waals surface area (Å²) in [5.41, 5.74) is 4.39. The maximum atomic E-state index is 13.7. The van der Waals surface area contributed by atoms with Gasteiger partial charge in [-0.3, -0.25) is 9.79 Å². The van der Waals surface area contributed by atoms with E-state index in [4.69, 9.17) is 14.5 Å². The largest absolute Gasteiger partial charge is 0.493 e. The molecule has 4 rings (SSSR count). The van der Waals surface area contributed by atoms with Crippen LogP contribution in [0.1, 0.15) is 23.6 Å². The van der Waals surface area contributed by atoms with Crippen LogP contribution in [-0.2, 0) is 11.2 Å². The van der Waals surface area contributed by atoms with Gasteiger partial charge in [-0.25, -0.2) is 0 Å². The summed E-state index contributed by atoms with van der Waals surface area (Å²) in [6.07, 6.45) is 0.507. The minimum absolute atomic E-state index is 0.0353. The number of rotatable bonds is 6. The normalized spacial score (nSPS) is 15.6. The summed E-state index contributed by atoms with van der Waals surface area (Å²) in [5.74, 6) is 1.14. The van der Waals surface area contributed by atoms with E-state index in [1.165, 1.54) is 0 Å². The Morgan fingerprint density at radius 1 is 0.969 bits per heavy atom. The van der Waals surface area contributed by atoms with Gasteiger partial charge in [0.25, 0.3) is 5.91 Å². The van der Waals surface area contributed by atoms with Gasteiger partial charge in [-0.15, -0.1) is 0 Å². The summed E-state index contributed by atoms with van der Waals surface area (Å²) < 4.78 is 12.1. The van der Waals surface area contributed by atoms with Crippen LogP contribution in [0.4, 0.5) is 5.69 Å². The zero-order chi connectivity index (χ0) is 22.7. The number of carbonyl (C=O) groups excluding carboxylic acids is 1. The molecule has 6 heteroatoms. The number of aliphatic imine (C=N–C) groups is 1. The van der Waals surface area contributed by atoms with Crippen molar-refractivity contribution in [2.24, 2.45) is 4.99 Å². The maximum absolute atomic E-state index is 13.7. The number of benzodiazepines with no additional fused rings is 1. The van der Waals surface area contributed by atoms with Crippen molar-refractivity contribution in [3.05, 3.63) is 87.9 Å². The van der Waals surface area contributed by atoms with Gasteiger partial charge in [-0.05, 0) is 30.7 Å². The van der Waals surface area contributed by atoms with Crippen LogP contribution in [0.15, 0.2) is 76.2 Å². The average molecular weight is 493 g/mol. The highest BCUT2D eigenvalue weighted by molar-refractivity contribution is 9.10. The highest BCUT2D eigenvalue weighted by Crippen LogP contribution is 2.38. The molecule has 0 aromatic heterocycles. The number of fused-ring (bicyclic) bond motifs is 1. The van der Waals surface area contributed by atoms with Crippen molar-refractivity contribution in [3.63, 3.8) is 0 Å². The summed E-state index contributed by atoms with van der Waals surface area (Å²) in [6, 6.07) is 21.2. The van der Waals surface area contributed by atoms with Crippen LogP contribution in [-0.4, -0.2) is 38.4 Å². The molecule has 1 amide bonds. The van der Waals surface area contributed by atoms with Gasteiger partial charge in [0.15, 0.2) is 11.5 Å². The van der Waals surface area contributed by atoms with Crippen molar-refractivity contribution < 1.29 is 14.3 Å². The number of benzene rings is 3. The first-order valence-electron chi connectivity index (χ1n) is 10.5. The van der Waals surface area contributed by atoms with E-state index in [0.29, 0.717) is 24.5 Å². The molecule has 3 aromatic rings. The molecule has 0 saturated carbocycles. The molecular formula is C26H25BrN2O3. The predicted octanol–water partition coefficient (Wildman–Crippen LogP) is 5.28. The van der Waals surface area contributed by atoms with Crippen LogP contribution in [0, 0.1) is 0 Å². The lowest BCUT2D eigenvalue weighted by Crippen LogP contribution is -2.38. The molecule has 0 aliphatic carbocycles. The second kappa shape index (κ2) is 9.57. The fourth-order valence-electron chi connectivity index (χ4n) is 4.03. The number of hydrogen-bond acceptors (Lipinski definition) is 4. The van der Waals surface area contributed by atoms with E-state index < -0.39 is 6.04 Å². The third kappa shape index (κ3) is 4.28. The third-order valence-electron chi connectivity index (χ3n) is 5.57. The van der Waals surface area contributed by atoms with Gasteiger partial charge in [0.1, 0.15) is 6.04 Å². The monoisotopic (exact) mass is 492 g/mol. The standard InChI is InChI=1S/C26H25BrN2O3/c1-4-29-22-16-24(32-3)23(31-2)15-20(22)25(18-10-6-5-7-11-18)28-21(26(29)30)14-17-9-8-12-19(27)13-17/h5-13,15-16,21H,4,14H2,1-3H3. The number of methoxy groups -OCH3 is 2. The van der Waals surface area contributed by atoms with Crippen LogP contribution in [0.5, 0.6) is 11.5 Å². The summed E-state index contributed by atoms with van der Waals surface area (Å²) in [7, 11) is 3.21. The Bertz CT molecular complexity index is 1160. The summed E-state index contributed by atoms with van der Waals surface area (Å²) in [6.45, 7) is 2.50. The lowest BCUT2D eigenvalue weighted by molar-refractivity contribution is -0.119. The number of ether oxygens (including phenoxy) is 2. The highest BCUT2D eigenvalue weighted by Gasteiger charge is 2.32. The molecule has 0 bridgehead atoms. The Morgan fingerprint density at radius 3 is 2.34 bits per heavy atom. The predicted molar refractivity (Wildman–Crippen MR) is 131 cm³/mol. The van der Waals surface area contributed by atoms with Crippen LogP contribution in [0.25, 0.3) is 0 Å². The minimum atomic E-state index is -0.552. The number of likely N-dealkylation sites (N-methyl/N-ethyl adjacent to an activating group) is 1. The molecule has 0 fully saturated rings. The van der Waals surface area contributed by atoms with Crippen molar-refractivity contribution in [3.8, 4) is 11.5 Å². The number of anilines is 1. The number of carbonyl (C=O) groups is 1. The number of hydrogen-bond donors (Lipinski definition) is 0. The molecule has 0 saturated heterocycles. The molecule has 0 spiro atoms. The zero-order valence-corrected chi connectivity index (χ0v) is 19.9. The van der Waals surface area contributed by atoms with E-state index in [2.05, 4.69) is 15.9 Å². The Balaban J connectivity index is 1.92. The van der Waals surface area contributed by atoms with Crippen molar-refractivity contribution in [1.82, 2.24) is 0 Å². The molecular weight excluding hydrogens is 468 g/mol. The third-order valence-corrected chi connectivity index (χ3v) is 6.06. The van der Waals surface area contributed by atoms with Gasteiger partial charge in [0.05, 0.1) is 25.6 Å². The average Bonchev–Trinajstić information content (AvgIpc) is 2.92. The van der Waals surface area contributed by atoms with Crippen LogP contribution < -0.4 is 14.4 Å². The molecule has 5 nitrogen and oxygen atoms in total. The molecule has 0 N–H and O–H groups in total. The molecule has 0 radical (unpaired) electrons. The summed E-state index contributed by atoms with van der Waals surface area (Å²) in [4.78, 5) is 20.5. The highest BCUT2D eigenvalue weighted by atomic mass is 79.9. The second-order valence-electron chi connectivity index (χ2n) is 7.50. The molecule has 1 aliphatic rings. The van der Waals surface area contributed by atoms with E-state index in [1.54, 1.807) is 19.1 Å². The van der Waals surface area contributed by atoms with E-state index in [-0.39, 0.29) is 5.91 Å². The molecule has 164 valence electrons. The Kier molecular flexibility index (Phi) is 6.61. The molecule has 1 aliphatic heterocycles. The zero-order valence-electron chi connectivity index (χ0n) is 18.3. The lowest BCUT2D eigenvalue weighted by atomic mass is 9.99. The fourth-order valence-corrected chi connectivity index (χ4v) is 4.48. The van der Waals surface area contributed by atoms with Gasteiger partial charge in [0, 0.05) is 34.6 Å². The van der Waals surface area contributed by atoms with E-state index in [9.17, 15) is 4.79 Å². The second-order valence-corrected chi connectivity index (χ2v) is 8.42. The van der Waals surface area contributed by atoms with Gasteiger partial charge >= 0.3 is 0 Å². The minimum Gasteiger partial charge on any atom is -0.493 e. The Labute approximate surface area is 196 Å². The topological polar surface area (TPSA) is 51.1 Å². The summed E-state index contributed by atoms with van der Waals surface area (Å²) in [5, 5.41) is 0. The van der Waals surface area contributed by atoms with Gasteiger partial charge < -0.3 is 14.4 Å². The van der Waals surface area contributed by atoms with Crippen LogP contribution >= 0.6 is 15.9 Å². The molecule has 1 atom stereocenters. The number of amides is 1. The number of halogens is 1. The lowest BCUT2D eigenvalue weighted by Gasteiger charge is -2.25. The van der Waals surface area contributed by atoms with Gasteiger partial charge in [0.2, 0.25) is 0 Å². The smallest absolute Gasteiger partial charge is 0.252 e. The molecule has 1 heterocycles. The quantitative estimate of drug-likeness (QED) is 0.470. The van der Waals surface area contributed by atoms with Gasteiger partial charge in [-0.2, -0.15) is 0 Å². The first-order valence-corrected chi connectivity index (χ1v) is 11.3. The van der Waals surface area contributed by atoms with E-state index >= 15 is 0 Å². The first-order chi connectivity index (χ1) is 15.5. The van der Waals surface area contributed by atoms with Crippen molar-refractivity contribution >= 4 is 33.2 Å². The molecule has 32 heavy (non-hydrogen) atoms. The van der Waals surface area contributed by atoms with Crippen LogP contribution in [0.3, 0.4) is 0 Å². The van der Waals surface area contributed by atoms with E-state index in [0.717, 1.165) is 32.6 Å². The molecule has 1 unspecified atom stereocenters. The maximum Gasteiger partial charge on any atom is 0.252 e. The first kappa shape index (κ1) is 22.1. The molecule has 3 aromatic carbocycles. The summed E-state index contributed by atoms with van der Waals surface area (Å²) >= 11 is 3.53. The van der Waals surface area contributed by atoms with Crippen molar-refractivity contribution in [2.45, 2.75) is 19.4 Å². The Hall–Kier alpha value is -3.12. The van der Waals surface area contributed by atoms with Crippen molar-refractivity contribution in [1.29, 1.82) is 0 Å². The fraction of sp³-hybridized carbons (Fsp3) is 0.231. The van der Waals surface area contributed by atoms with Crippen molar-refractivity contribution in [2.75, 3.05) is 25.7 Å².